The van der Waals surface area contributed by atoms with Crippen molar-refractivity contribution >= 4 is 39.3 Å². The molecule has 1 amide bonds. The third-order valence-electron chi connectivity index (χ3n) is 5.32. The van der Waals surface area contributed by atoms with E-state index in [1.54, 1.807) is 29.5 Å². The van der Waals surface area contributed by atoms with Gasteiger partial charge in [-0.25, -0.2) is 4.98 Å². The summed E-state index contributed by atoms with van der Waals surface area (Å²) in [6.07, 6.45) is 3.91. The first-order chi connectivity index (χ1) is 15.6. The van der Waals surface area contributed by atoms with Gasteiger partial charge in [0, 0.05) is 54.2 Å². The molecule has 0 aliphatic carbocycles. The Hall–Kier alpha value is -3.76. The first-order valence-electron chi connectivity index (χ1n) is 10.0. The number of fused-ring (bicyclic) bond motifs is 1. The van der Waals surface area contributed by atoms with E-state index >= 15 is 0 Å². The summed E-state index contributed by atoms with van der Waals surface area (Å²) in [6.45, 7) is 2.33. The van der Waals surface area contributed by atoms with Crippen LogP contribution in [0.3, 0.4) is 0 Å². The molecule has 1 fully saturated rings. The molecule has 0 atom stereocenters. The van der Waals surface area contributed by atoms with E-state index in [1.807, 2.05) is 39.2 Å². The van der Waals surface area contributed by atoms with Crippen molar-refractivity contribution in [2.24, 2.45) is 0 Å². The van der Waals surface area contributed by atoms with Gasteiger partial charge in [-0.05, 0) is 18.2 Å². The molecular formula is C22H19N5O4S. The minimum Gasteiger partial charge on any atom is -0.378 e. The van der Waals surface area contributed by atoms with Crippen molar-refractivity contribution in [3.8, 4) is 11.3 Å². The largest absolute Gasteiger partial charge is 0.378 e. The highest BCUT2D eigenvalue weighted by molar-refractivity contribution is 7.15. The predicted molar refractivity (Wildman–Crippen MR) is 123 cm³/mol. The van der Waals surface area contributed by atoms with Crippen molar-refractivity contribution in [3.63, 3.8) is 0 Å². The number of nitro groups is 1. The molecule has 2 aromatic heterocycles. The van der Waals surface area contributed by atoms with E-state index in [-0.39, 0.29) is 11.3 Å². The van der Waals surface area contributed by atoms with Crippen LogP contribution < -0.4 is 10.2 Å². The van der Waals surface area contributed by atoms with Gasteiger partial charge in [0.1, 0.15) is 0 Å². The number of thiazole rings is 1. The number of carbonyl (C=O) groups excluding carboxylic acids is 1. The Morgan fingerprint density at radius 1 is 1.16 bits per heavy atom. The van der Waals surface area contributed by atoms with Crippen LogP contribution in [0.4, 0.5) is 17.1 Å². The average Bonchev–Trinajstić information content (AvgIpc) is 3.42. The van der Waals surface area contributed by atoms with E-state index in [0.717, 1.165) is 16.2 Å². The Balaban J connectivity index is 1.39. The summed E-state index contributed by atoms with van der Waals surface area (Å²) in [4.78, 5) is 31.4. The van der Waals surface area contributed by atoms with Gasteiger partial charge in [0.25, 0.3) is 11.6 Å². The molecule has 0 radical (unpaired) electrons. The summed E-state index contributed by atoms with van der Waals surface area (Å²) in [6, 6.07) is 11.7. The molecule has 5 rings (SSSR count). The fourth-order valence-corrected chi connectivity index (χ4v) is 4.39. The molecule has 1 aliphatic heterocycles. The Labute approximate surface area is 187 Å². The second kappa shape index (κ2) is 8.40. The number of nitrogens with one attached hydrogen (secondary N) is 1. The standard InChI is InChI=1S/C22H19N5O4S/c28-21(18-13-17(27(29)30)5-6-20(18)25-7-10-31-11-8-25)23-16-3-1-15(2-4-16)19-14-26-9-12-32-22(26)24-19/h1-6,9,12-14H,7-8,10-11H2,(H,23,28). The molecule has 162 valence electrons. The molecule has 1 aliphatic rings. The lowest BCUT2D eigenvalue weighted by molar-refractivity contribution is -0.384. The molecule has 10 heteroatoms. The number of hydrogen-bond acceptors (Lipinski definition) is 7. The molecule has 9 nitrogen and oxygen atoms in total. The van der Waals surface area contributed by atoms with Crippen LogP contribution in [0.15, 0.2) is 60.2 Å². The summed E-state index contributed by atoms with van der Waals surface area (Å²) < 4.78 is 7.35. The van der Waals surface area contributed by atoms with E-state index in [1.165, 1.54) is 12.1 Å². The van der Waals surface area contributed by atoms with Crippen LogP contribution in [0.25, 0.3) is 16.2 Å². The molecule has 0 unspecified atom stereocenters. The molecule has 32 heavy (non-hydrogen) atoms. The number of non-ortho nitro benzene ring substituents is 1. The van der Waals surface area contributed by atoms with Crippen molar-refractivity contribution in [1.29, 1.82) is 0 Å². The third kappa shape index (κ3) is 3.93. The van der Waals surface area contributed by atoms with E-state index in [9.17, 15) is 14.9 Å². The van der Waals surface area contributed by atoms with Crippen molar-refractivity contribution < 1.29 is 14.5 Å². The number of hydrogen-bond donors (Lipinski definition) is 1. The van der Waals surface area contributed by atoms with Gasteiger partial charge < -0.3 is 15.0 Å². The van der Waals surface area contributed by atoms with Crippen LogP contribution in [0.1, 0.15) is 10.4 Å². The number of anilines is 2. The second-order valence-electron chi connectivity index (χ2n) is 7.31. The molecule has 0 saturated carbocycles. The quantitative estimate of drug-likeness (QED) is 0.364. The summed E-state index contributed by atoms with van der Waals surface area (Å²) >= 11 is 1.56. The van der Waals surface area contributed by atoms with Crippen LogP contribution in [-0.4, -0.2) is 46.5 Å². The van der Waals surface area contributed by atoms with E-state index < -0.39 is 10.8 Å². The van der Waals surface area contributed by atoms with Gasteiger partial charge >= 0.3 is 0 Å². The minimum atomic E-state index is -0.496. The molecule has 1 N–H and O–H groups in total. The molecule has 3 heterocycles. The fraction of sp³-hybridized carbons (Fsp3) is 0.182. The zero-order valence-corrected chi connectivity index (χ0v) is 17.7. The van der Waals surface area contributed by atoms with Gasteiger partial charge in [-0.1, -0.05) is 12.1 Å². The predicted octanol–water partition coefficient (Wildman–Crippen LogP) is 4.06. The number of aromatic nitrogens is 2. The zero-order valence-electron chi connectivity index (χ0n) is 16.9. The highest BCUT2D eigenvalue weighted by atomic mass is 32.1. The van der Waals surface area contributed by atoms with Crippen LogP contribution in [0.2, 0.25) is 0 Å². The summed E-state index contributed by atoms with van der Waals surface area (Å²) in [5.41, 5.74) is 3.18. The molecule has 1 saturated heterocycles. The number of morpholine rings is 1. The van der Waals surface area contributed by atoms with Crippen LogP contribution in [0, 0.1) is 10.1 Å². The Morgan fingerprint density at radius 2 is 1.94 bits per heavy atom. The van der Waals surface area contributed by atoms with Gasteiger partial charge in [0.05, 0.1) is 35.1 Å². The van der Waals surface area contributed by atoms with Gasteiger partial charge in [-0.2, -0.15) is 0 Å². The van der Waals surface area contributed by atoms with E-state index in [0.29, 0.717) is 37.7 Å². The smallest absolute Gasteiger partial charge is 0.270 e. The molecule has 0 bridgehead atoms. The van der Waals surface area contributed by atoms with Crippen molar-refractivity contribution in [2.45, 2.75) is 0 Å². The molecule has 2 aromatic carbocycles. The third-order valence-corrected chi connectivity index (χ3v) is 6.09. The number of rotatable bonds is 5. The first-order valence-corrected chi connectivity index (χ1v) is 10.9. The van der Waals surface area contributed by atoms with Gasteiger partial charge in [-0.15, -0.1) is 11.3 Å². The number of benzene rings is 2. The summed E-state index contributed by atoms with van der Waals surface area (Å²) in [5, 5.41) is 16.1. The maximum atomic E-state index is 13.1. The van der Waals surface area contributed by atoms with E-state index in [4.69, 9.17) is 4.74 Å². The number of nitro benzene ring substituents is 1. The second-order valence-corrected chi connectivity index (χ2v) is 8.18. The van der Waals surface area contributed by atoms with Gasteiger partial charge in [0.15, 0.2) is 4.96 Å². The van der Waals surface area contributed by atoms with Crippen molar-refractivity contribution in [3.05, 3.63) is 75.9 Å². The molecule has 0 spiro atoms. The summed E-state index contributed by atoms with van der Waals surface area (Å²) in [7, 11) is 0. The van der Waals surface area contributed by atoms with Crippen molar-refractivity contribution in [1.82, 2.24) is 9.38 Å². The highest BCUT2D eigenvalue weighted by Crippen LogP contribution is 2.28. The lowest BCUT2D eigenvalue weighted by Crippen LogP contribution is -2.37. The number of carbonyl (C=O) groups is 1. The zero-order chi connectivity index (χ0) is 22.1. The molecular weight excluding hydrogens is 430 g/mol. The highest BCUT2D eigenvalue weighted by Gasteiger charge is 2.22. The van der Waals surface area contributed by atoms with Crippen molar-refractivity contribution in [2.75, 3.05) is 36.5 Å². The van der Waals surface area contributed by atoms with E-state index in [2.05, 4.69) is 10.3 Å². The minimum absolute atomic E-state index is 0.123. The molecule has 4 aromatic rings. The average molecular weight is 449 g/mol. The fourth-order valence-electron chi connectivity index (χ4n) is 3.69. The van der Waals surface area contributed by atoms with Crippen LogP contribution in [-0.2, 0) is 4.74 Å². The Morgan fingerprint density at radius 3 is 2.66 bits per heavy atom. The topological polar surface area (TPSA) is 102 Å². The summed E-state index contributed by atoms with van der Waals surface area (Å²) in [5.74, 6) is -0.398. The maximum absolute atomic E-state index is 13.1. The lowest BCUT2D eigenvalue weighted by atomic mass is 10.1. The lowest BCUT2D eigenvalue weighted by Gasteiger charge is -2.30. The first kappa shape index (κ1) is 20.2. The maximum Gasteiger partial charge on any atom is 0.270 e. The normalized spacial score (nSPS) is 13.9. The van der Waals surface area contributed by atoms with Gasteiger partial charge in [-0.3, -0.25) is 19.3 Å². The Kier molecular flexibility index (Phi) is 5.29. The number of amides is 1. The monoisotopic (exact) mass is 449 g/mol. The number of nitrogens with zero attached hydrogens (tertiary/aromatic N) is 4. The van der Waals surface area contributed by atoms with Crippen LogP contribution >= 0.6 is 11.3 Å². The Bertz CT molecular complexity index is 1260. The number of imidazole rings is 1. The SMILES string of the molecule is O=C(Nc1ccc(-c2cn3ccsc3n2)cc1)c1cc([N+](=O)[O-])ccc1N1CCOCC1. The van der Waals surface area contributed by atoms with Crippen LogP contribution in [0.5, 0.6) is 0 Å². The van der Waals surface area contributed by atoms with Gasteiger partial charge in [0.2, 0.25) is 0 Å². The number of ether oxygens (including phenoxy) is 1.